The normalized spacial score (nSPS) is 16.5. The van der Waals surface area contributed by atoms with Crippen molar-refractivity contribution in [2.75, 3.05) is 20.2 Å². The van der Waals surface area contributed by atoms with Crippen molar-refractivity contribution in [1.29, 1.82) is 0 Å². The third kappa shape index (κ3) is 5.27. The molecule has 224 valence electrons. The fraction of sp³-hybridized carbons (Fsp3) is 0.250. The summed E-state index contributed by atoms with van der Waals surface area (Å²) in [6, 6.07) is 16.0. The number of benzene rings is 3. The molecule has 1 unspecified atom stereocenters. The zero-order chi connectivity index (χ0) is 31.1. The molecule has 4 aromatic rings. The maximum absolute atomic E-state index is 14.3. The highest BCUT2D eigenvalue weighted by atomic mass is 32.2. The van der Waals surface area contributed by atoms with Crippen LogP contribution in [-0.4, -0.2) is 43.5 Å². The van der Waals surface area contributed by atoms with Crippen LogP contribution in [0.3, 0.4) is 0 Å². The summed E-state index contributed by atoms with van der Waals surface area (Å²) in [5.74, 6) is -0.855. The molecule has 7 nitrogen and oxygen atoms in total. The average Bonchev–Trinajstić information content (AvgIpc) is 2.98. The molecule has 1 atom stereocenters. The molecule has 11 heteroatoms. The van der Waals surface area contributed by atoms with Gasteiger partial charge in [0.15, 0.2) is 5.03 Å². The molecular formula is C32H29F3N2O5S. The summed E-state index contributed by atoms with van der Waals surface area (Å²) in [5.41, 5.74) is -1.06. The van der Waals surface area contributed by atoms with Crippen LogP contribution < -0.4 is 5.56 Å². The lowest BCUT2D eigenvalue weighted by atomic mass is 9.90. The molecule has 1 aliphatic rings. The van der Waals surface area contributed by atoms with E-state index in [1.54, 1.807) is 6.92 Å². The maximum atomic E-state index is 14.3. The number of carbonyl (C=O) groups is 1. The van der Waals surface area contributed by atoms with Crippen LogP contribution in [0.25, 0.3) is 28.0 Å². The molecule has 0 radical (unpaired) electrons. The number of ether oxygens (including phenoxy) is 1. The standard InChI is InChI=1S/C32H29F3N2O5S/c1-4-16-36-19-27(31(39)42-3)37-29(38)24(5-2)26(18-21-12-8-11-20-10-6-7-15-25(20)21)28(30(37)43(36,40)41)22-13-9-14-23(17-22)32(33,34)35/h5-15,17,27H,2,4,16,18-19H2,1,3H3. The molecular weight excluding hydrogens is 581 g/mol. The van der Waals surface area contributed by atoms with Crippen molar-refractivity contribution in [3.63, 3.8) is 0 Å². The molecule has 0 saturated carbocycles. The first kappa shape index (κ1) is 30.2. The van der Waals surface area contributed by atoms with E-state index in [9.17, 15) is 31.2 Å². The van der Waals surface area contributed by atoms with Crippen molar-refractivity contribution in [3.05, 3.63) is 106 Å². The molecule has 0 saturated heterocycles. The molecule has 0 bridgehead atoms. The minimum atomic E-state index is -4.72. The van der Waals surface area contributed by atoms with E-state index in [-0.39, 0.29) is 41.8 Å². The van der Waals surface area contributed by atoms with Gasteiger partial charge in [-0.05, 0) is 52.4 Å². The van der Waals surface area contributed by atoms with Crippen LogP contribution in [0.5, 0.6) is 0 Å². The van der Waals surface area contributed by atoms with Gasteiger partial charge in [0.1, 0.15) is 6.04 Å². The monoisotopic (exact) mass is 610 g/mol. The Labute approximate surface area is 246 Å². The lowest BCUT2D eigenvalue weighted by molar-refractivity contribution is -0.145. The SMILES string of the molecule is C=Cc1c(Cc2cccc3ccccc23)c(-c2cccc(C(F)(F)F)c2)c2n(c1=O)C(C(=O)OC)CN(CCC)S2(=O)=O. The Hall–Kier alpha value is -4.22. The van der Waals surface area contributed by atoms with Crippen molar-refractivity contribution in [1.82, 2.24) is 8.87 Å². The van der Waals surface area contributed by atoms with Crippen molar-refractivity contribution >= 4 is 32.8 Å². The predicted octanol–water partition coefficient (Wildman–Crippen LogP) is 6.05. The Bertz CT molecular complexity index is 1910. The molecule has 43 heavy (non-hydrogen) atoms. The van der Waals surface area contributed by atoms with Crippen LogP contribution in [0.4, 0.5) is 13.2 Å². The second-order valence-electron chi connectivity index (χ2n) is 10.2. The minimum Gasteiger partial charge on any atom is -0.467 e. The number of hydrogen-bond donors (Lipinski definition) is 0. The molecule has 0 amide bonds. The van der Waals surface area contributed by atoms with Gasteiger partial charge in [-0.2, -0.15) is 17.5 Å². The highest BCUT2D eigenvalue weighted by Crippen LogP contribution is 2.41. The summed E-state index contributed by atoms with van der Waals surface area (Å²) in [6.45, 7) is 5.21. The molecule has 3 aromatic carbocycles. The van der Waals surface area contributed by atoms with Gasteiger partial charge in [-0.3, -0.25) is 9.36 Å². The Morgan fingerprint density at radius 3 is 2.47 bits per heavy atom. The number of aromatic nitrogens is 1. The van der Waals surface area contributed by atoms with Gasteiger partial charge in [0.2, 0.25) is 0 Å². The first-order chi connectivity index (χ1) is 20.4. The maximum Gasteiger partial charge on any atom is 0.416 e. The number of halogens is 3. The Balaban J connectivity index is 1.96. The van der Waals surface area contributed by atoms with Gasteiger partial charge in [0, 0.05) is 24.2 Å². The first-order valence-corrected chi connectivity index (χ1v) is 15.0. The molecule has 1 aromatic heterocycles. The van der Waals surface area contributed by atoms with E-state index in [1.807, 2.05) is 42.5 Å². The van der Waals surface area contributed by atoms with Crippen LogP contribution >= 0.6 is 0 Å². The lowest BCUT2D eigenvalue weighted by Crippen LogP contribution is -2.50. The van der Waals surface area contributed by atoms with Crippen LogP contribution in [0.1, 0.15) is 41.6 Å². The van der Waals surface area contributed by atoms with Gasteiger partial charge in [-0.1, -0.05) is 74.2 Å². The molecule has 0 spiro atoms. The number of pyridine rings is 1. The number of methoxy groups -OCH3 is 1. The Morgan fingerprint density at radius 1 is 1.09 bits per heavy atom. The number of nitrogens with zero attached hydrogens (tertiary/aromatic N) is 2. The van der Waals surface area contributed by atoms with Gasteiger partial charge in [-0.15, -0.1) is 0 Å². The molecule has 5 rings (SSSR count). The summed E-state index contributed by atoms with van der Waals surface area (Å²) in [5, 5.41) is 1.17. The smallest absolute Gasteiger partial charge is 0.416 e. The fourth-order valence-electron chi connectivity index (χ4n) is 5.72. The predicted molar refractivity (Wildman–Crippen MR) is 158 cm³/mol. The number of alkyl halides is 3. The zero-order valence-corrected chi connectivity index (χ0v) is 24.3. The summed E-state index contributed by atoms with van der Waals surface area (Å²) >= 11 is 0. The third-order valence-electron chi connectivity index (χ3n) is 7.66. The highest BCUT2D eigenvalue weighted by Gasteiger charge is 2.44. The van der Waals surface area contributed by atoms with Gasteiger partial charge < -0.3 is 4.74 Å². The fourth-order valence-corrected chi connectivity index (χ4v) is 7.69. The van der Waals surface area contributed by atoms with E-state index < -0.39 is 44.4 Å². The number of hydrogen-bond acceptors (Lipinski definition) is 5. The number of sulfonamides is 1. The third-order valence-corrected chi connectivity index (χ3v) is 9.56. The molecule has 1 aliphatic heterocycles. The van der Waals surface area contributed by atoms with Gasteiger partial charge in [0.25, 0.3) is 15.6 Å². The van der Waals surface area contributed by atoms with Gasteiger partial charge >= 0.3 is 12.1 Å². The summed E-state index contributed by atoms with van der Waals surface area (Å²) in [6.07, 6.45) is -3.07. The second-order valence-corrected chi connectivity index (χ2v) is 12.1. The van der Waals surface area contributed by atoms with Crippen LogP contribution in [-0.2, 0) is 32.2 Å². The number of rotatable bonds is 7. The van der Waals surface area contributed by atoms with E-state index in [4.69, 9.17) is 4.74 Å². The van der Waals surface area contributed by atoms with Crippen molar-refractivity contribution in [2.24, 2.45) is 0 Å². The van der Waals surface area contributed by atoms with E-state index in [2.05, 4.69) is 6.58 Å². The minimum absolute atomic E-state index is 0.00353. The van der Waals surface area contributed by atoms with Crippen molar-refractivity contribution < 1.29 is 31.1 Å². The molecule has 0 aliphatic carbocycles. The topological polar surface area (TPSA) is 85.7 Å². The molecule has 0 fully saturated rings. The van der Waals surface area contributed by atoms with E-state index in [1.165, 1.54) is 18.2 Å². The second kappa shape index (κ2) is 11.5. The molecule has 0 N–H and O–H groups in total. The van der Waals surface area contributed by atoms with Gasteiger partial charge in [-0.25, -0.2) is 13.2 Å². The van der Waals surface area contributed by atoms with Crippen LogP contribution in [0.2, 0.25) is 0 Å². The van der Waals surface area contributed by atoms with Crippen LogP contribution in [0.15, 0.2) is 83.1 Å². The van der Waals surface area contributed by atoms with Crippen LogP contribution in [0, 0.1) is 0 Å². The van der Waals surface area contributed by atoms with E-state index in [0.29, 0.717) is 6.42 Å². The quantitative estimate of drug-likeness (QED) is 0.238. The number of carbonyl (C=O) groups excluding carboxylic acids is 1. The largest absolute Gasteiger partial charge is 0.467 e. The zero-order valence-electron chi connectivity index (χ0n) is 23.5. The number of fused-ring (bicyclic) bond motifs is 2. The summed E-state index contributed by atoms with van der Waals surface area (Å²) in [4.78, 5) is 27.2. The van der Waals surface area contributed by atoms with Gasteiger partial charge in [0.05, 0.1) is 12.7 Å². The highest BCUT2D eigenvalue weighted by molar-refractivity contribution is 7.89. The van der Waals surface area contributed by atoms with E-state index in [0.717, 1.165) is 44.5 Å². The molecule has 2 heterocycles. The average molecular weight is 611 g/mol. The number of esters is 1. The van der Waals surface area contributed by atoms with Crippen molar-refractivity contribution in [3.8, 4) is 11.1 Å². The lowest BCUT2D eigenvalue weighted by Gasteiger charge is -2.36. The first-order valence-electron chi connectivity index (χ1n) is 13.6. The summed E-state index contributed by atoms with van der Waals surface area (Å²) in [7, 11) is -3.36. The summed E-state index contributed by atoms with van der Waals surface area (Å²) < 4.78 is 77.2. The van der Waals surface area contributed by atoms with E-state index >= 15 is 0 Å². The van der Waals surface area contributed by atoms with Crippen molar-refractivity contribution in [2.45, 2.75) is 37.0 Å². The Kier molecular flexibility index (Phi) is 8.06. The Morgan fingerprint density at radius 2 is 1.79 bits per heavy atom.